The number of fused-ring (bicyclic) bond motifs is 1. The van der Waals surface area contributed by atoms with E-state index in [9.17, 15) is 13.2 Å². The van der Waals surface area contributed by atoms with Crippen LogP contribution in [0.5, 0.6) is 0 Å². The van der Waals surface area contributed by atoms with Crippen LogP contribution in [0.25, 0.3) is 0 Å². The molecule has 0 atom stereocenters. The number of nitrogens with zero attached hydrogens (tertiary/aromatic N) is 2. The van der Waals surface area contributed by atoms with Crippen LogP contribution in [-0.4, -0.2) is 32.4 Å². The van der Waals surface area contributed by atoms with Crippen molar-refractivity contribution in [3.8, 4) is 0 Å². The average Bonchev–Trinajstić information content (AvgIpc) is 2.91. The number of carbonyl (C=O) groups excluding carboxylic acids is 1. The number of rotatable bonds is 5. The van der Waals surface area contributed by atoms with Crippen molar-refractivity contribution >= 4 is 33.0 Å². The van der Waals surface area contributed by atoms with E-state index < -0.39 is 10.0 Å². The number of nitrogens with one attached hydrogen (secondary N) is 1. The van der Waals surface area contributed by atoms with E-state index >= 15 is 0 Å². The molecule has 6 nitrogen and oxygen atoms in total. The van der Waals surface area contributed by atoms with Crippen molar-refractivity contribution < 1.29 is 13.2 Å². The summed E-state index contributed by atoms with van der Waals surface area (Å²) in [5, 5.41) is 0.991. The van der Waals surface area contributed by atoms with Crippen molar-refractivity contribution in [2.45, 2.75) is 44.9 Å². The molecule has 1 aliphatic rings. The highest BCUT2D eigenvalue weighted by molar-refractivity contribution is 7.89. The minimum absolute atomic E-state index is 0.0186. The SMILES string of the molecule is CC(=O)N1CCCc2cc(S(=O)(=O)NCCc3sc(C)nc3C)ccc21. The molecule has 2 heterocycles. The van der Waals surface area contributed by atoms with Crippen LogP contribution in [0.2, 0.25) is 0 Å². The van der Waals surface area contributed by atoms with Crippen molar-refractivity contribution in [2.75, 3.05) is 18.0 Å². The Bertz CT molecular complexity index is 935. The number of amides is 1. The van der Waals surface area contributed by atoms with E-state index in [2.05, 4.69) is 9.71 Å². The maximum atomic E-state index is 12.6. The first-order valence-corrected chi connectivity index (χ1v) is 10.9. The number of hydrogen-bond donors (Lipinski definition) is 1. The lowest BCUT2D eigenvalue weighted by Gasteiger charge is -2.28. The molecule has 8 heteroatoms. The van der Waals surface area contributed by atoms with Gasteiger partial charge in [-0.3, -0.25) is 4.79 Å². The maximum absolute atomic E-state index is 12.6. The zero-order valence-corrected chi connectivity index (χ0v) is 16.8. The van der Waals surface area contributed by atoms with Gasteiger partial charge in [-0.1, -0.05) is 0 Å². The Kier molecular flexibility index (Phi) is 5.45. The van der Waals surface area contributed by atoms with Crippen LogP contribution >= 0.6 is 11.3 Å². The molecule has 0 saturated heterocycles. The fourth-order valence-electron chi connectivity index (χ4n) is 3.26. The molecule has 1 amide bonds. The van der Waals surface area contributed by atoms with Crippen molar-refractivity contribution in [1.29, 1.82) is 0 Å². The molecular formula is C18H23N3O3S2. The van der Waals surface area contributed by atoms with Crippen molar-refractivity contribution in [2.24, 2.45) is 0 Å². The average molecular weight is 394 g/mol. The smallest absolute Gasteiger partial charge is 0.240 e. The summed E-state index contributed by atoms with van der Waals surface area (Å²) in [5.74, 6) is -0.0186. The van der Waals surface area contributed by atoms with Gasteiger partial charge in [-0.05, 0) is 56.9 Å². The maximum Gasteiger partial charge on any atom is 0.240 e. The molecule has 26 heavy (non-hydrogen) atoms. The second-order valence-corrected chi connectivity index (χ2v) is 9.51. The number of thiazole rings is 1. The number of anilines is 1. The molecule has 0 bridgehead atoms. The summed E-state index contributed by atoms with van der Waals surface area (Å²) in [6, 6.07) is 5.00. The van der Waals surface area contributed by atoms with E-state index in [1.54, 1.807) is 34.4 Å². The molecule has 1 aromatic carbocycles. The van der Waals surface area contributed by atoms with E-state index in [4.69, 9.17) is 0 Å². The number of aromatic nitrogens is 1. The zero-order valence-electron chi connectivity index (χ0n) is 15.2. The standard InChI is InChI=1S/C18H23N3O3S2/c1-12-18(25-13(2)20-12)8-9-19-26(23,24)16-6-7-17-15(11-16)5-4-10-21(17)14(3)22/h6-7,11,19H,4-5,8-10H2,1-3H3. The second-order valence-electron chi connectivity index (χ2n) is 6.45. The third-order valence-corrected chi connectivity index (χ3v) is 7.10. The van der Waals surface area contributed by atoms with Crippen LogP contribution in [0.15, 0.2) is 23.1 Å². The number of carbonyl (C=O) groups is 1. The van der Waals surface area contributed by atoms with E-state index in [-0.39, 0.29) is 10.8 Å². The van der Waals surface area contributed by atoms with Gasteiger partial charge in [0.25, 0.3) is 0 Å². The van der Waals surface area contributed by atoms with Crippen LogP contribution in [0, 0.1) is 13.8 Å². The lowest BCUT2D eigenvalue weighted by atomic mass is 10.0. The molecule has 1 N–H and O–H groups in total. The second kappa shape index (κ2) is 7.46. The van der Waals surface area contributed by atoms with Crippen molar-refractivity contribution in [1.82, 2.24) is 9.71 Å². The summed E-state index contributed by atoms with van der Waals surface area (Å²) in [6.07, 6.45) is 2.24. The van der Waals surface area contributed by atoms with E-state index in [0.29, 0.717) is 19.5 Å². The highest BCUT2D eigenvalue weighted by Gasteiger charge is 2.23. The molecule has 0 radical (unpaired) electrons. The number of aryl methyl sites for hydroxylation is 3. The van der Waals surface area contributed by atoms with E-state index in [1.807, 2.05) is 13.8 Å². The summed E-state index contributed by atoms with van der Waals surface area (Å²) in [4.78, 5) is 19.2. The fraction of sp³-hybridized carbons (Fsp3) is 0.444. The van der Waals surface area contributed by atoms with Gasteiger partial charge < -0.3 is 4.90 Å². The largest absolute Gasteiger partial charge is 0.312 e. The Hall–Kier alpha value is -1.77. The van der Waals surface area contributed by atoms with Crippen LogP contribution in [0.4, 0.5) is 5.69 Å². The zero-order chi connectivity index (χ0) is 18.9. The molecule has 0 fully saturated rings. The van der Waals surface area contributed by atoms with Gasteiger partial charge in [0.15, 0.2) is 0 Å². The molecule has 0 unspecified atom stereocenters. The van der Waals surface area contributed by atoms with E-state index in [1.165, 1.54) is 6.92 Å². The Labute approximate surface area is 158 Å². The summed E-state index contributed by atoms with van der Waals surface area (Å²) >= 11 is 1.60. The first-order valence-electron chi connectivity index (χ1n) is 8.61. The van der Waals surface area contributed by atoms with Crippen molar-refractivity contribution in [3.05, 3.63) is 39.3 Å². The number of benzene rings is 1. The Balaban J connectivity index is 1.73. The minimum Gasteiger partial charge on any atom is -0.312 e. The van der Waals surface area contributed by atoms with Gasteiger partial charge in [0.2, 0.25) is 15.9 Å². The predicted molar refractivity (Wildman–Crippen MR) is 103 cm³/mol. The van der Waals surface area contributed by atoms with Gasteiger partial charge in [0.1, 0.15) is 0 Å². The van der Waals surface area contributed by atoms with Crippen molar-refractivity contribution in [3.63, 3.8) is 0 Å². The van der Waals surface area contributed by atoms with Crippen LogP contribution in [-0.2, 0) is 27.7 Å². The third-order valence-electron chi connectivity index (χ3n) is 4.50. The molecule has 2 aromatic rings. The normalized spacial score (nSPS) is 14.3. The van der Waals surface area contributed by atoms with Gasteiger partial charge in [0, 0.05) is 30.6 Å². The first-order chi connectivity index (χ1) is 12.3. The van der Waals surface area contributed by atoms with Gasteiger partial charge in [-0.25, -0.2) is 18.1 Å². The van der Waals surface area contributed by atoms with E-state index in [0.717, 1.165) is 39.7 Å². The third kappa shape index (κ3) is 3.97. The summed E-state index contributed by atoms with van der Waals surface area (Å²) in [6.45, 7) is 6.44. The molecule has 1 aromatic heterocycles. The highest BCUT2D eigenvalue weighted by atomic mass is 32.2. The lowest BCUT2D eigenvalue weighted by Crippen LogP contribution is -2.33. The molecule has 140 valence electrons. The minimum atomic E-state index is -3.58. The fourth-order valence-corrected chi connectivity index (χ4v) is 5.27. The lowest BCUT2D eigenvalue weighted by molar-refractivity contribution is -0.116. The highest BCUT2D eigenvalue weighted by Crippen LogP contribution is 2.29. The van der Waals surface area contributed by atoms with Gasteiger partial charge in [0.05, 0.1) is 15.6 Å². The molecule has 0 saturated carbocycles. The van der Waals surface area contributed by atoms with Gasteiger partial charge >= 0.3 is 0 Å². The van der Waals surface area contributed by atoms with Gasteiger partial charge in [-0.2, -0.15) is 0 Å². The molecule has 1 aliphatic heterocycles. The Morgan fingerprint density at radius 3 is 2.77 bits per heavy atom. The molecule has 3 rings (SSSR count). The van der Waals surface area contributed by atoms with Crippen LogP contribution in [0.3, 0.4) is 0 Å². The Morgan fingerprint density at radius 1 is 1.35 bits per heavy atom. The monoisotopic (exact) mass is 393 g/mol. The van der Waals surface area contributed by atoms with Crippen LogP contribution < -0.4 is 9.62 Å². The molecule has 0 spiro atoms. The van der Waals surface area contributed by atoms with Crippen LogP contribution in [0.1, 0.15) is 34.5 Å². The van der Waals surface area contributed by atoms with Gasteiger partial charge in [-0.15, -0.1) is 11.3 Å². The Morgan fingerprint density at radius 2 is 2.12 bits per heavy atom. The quantitative estimate of drug-likeness (QED) is 0.847. The number of sulfonamides is 1. The summed E-state index contributed by atoms with van der Waals surface area (Å²) in [5.41, 5.74) is 2.69. The summed E-state index contributed by atoms with van der Waals surface area (Å²) < 4.78 is 27.9. The summed E-state index contributed by atoms with van der Waals surface area (Å²) in [7, 11) is -3.58. The number of hydrogen-bond acceptors (Lipinski definition) is 5. The first kappa shape index (κ1) is 19.0. The predicted octanol–water partition coefficient (Wildman–Crippen LogP) is 2.58. The molecule has 0 aliphatic carbocycles. The molecular weight excluding hydrogens is 370 g/mol. The topological polar surface area (TPSA) is 79.4 Å².